The van der Waals surface area contributed by atoms with Crippen LogP contribution in [-0.2, 0) is 5.41 Å². The number of aryl methyl sites for hydroxylation is 1. The number of benzene rings is 1. The highest BCUT2D eigenvalue weighted by Crippen LogP contribution is 2.43. The first kappa shape index (κ1) is 17.7. The Balaban J connectivity index is 1.56. The quantitative estimate of drug-likeness (QED) is 0.741. The van der Waals surface area contributed by atoms with E-state index in [2.05, 4.69) is 53.5 Å². The van der Waals surface area contributed by atoms with Gasteiger partial charge in [-0.15, -0.1) is 0 Å². The highest BCUT2D eigenvalue weighted by molar-refractivity contribution is 5.98. The Bertz CT molecular complexity index is 971. The number of carbonyl (C=O) groups excluding carboxylic acids is 1. The van der Waals surface area contributed by atoms with Gasteiger partial charge in [-0.25, -0.2) is 9.67 Å². The predicted octanol–water partition coefficient (Wildman–Crippen LogP) is 4.17. The molecule has 2 heterocycles. The topological polar surface area (TPSA) is 59.8 Å². The molecule has 0 atom stereocenters. The van der Waals surface area contributed by atoms with Gasteiger partial charge in [0.05, 0.1) is 17.5 Å². The van der Waals surface area contributed by atoms with Crippen molar-refractivity contribution in [1.82, 2.24) is 20.1 Å². The SMILES string of the molecule is Cc1nc2c(cnn2C(C)C)cc1C(=O)NCC1(c2ccccc2)CCC1. The zero-order valence-corrected chi connectivity index (χ0v) is 16.2. The Morgan fingerprint density at radius 2 is 2.00 bits per heavy atom. The first-order valence-electron chi connectivity index (χ1n) is 9.69. The molecular formula is C22H26N4O. The van der Waals surface area contributed by atoms with Crippen molar-refractivity contribution in [2.45, 2.75) is 51.5 Å². The fourth-order valence-electron chi connectivity index (χ4n) is 3.98. The maximum Gasteiger partial charge on any atom is 0.253 e. The van der Waals surface area contributed by atoms with Gasteiger partial charge in [0.25, 0.3) is 5.91 Å². The minimum absolute atomic E-state index is 0.0543. The molecule has 1 aromatic carbocycles. The van der Waals surface area contributed by atoms with Gasteiger partial charge in [-0.05, 0) is 45.2 Å². The second-order valence-corrected chi connectivity index (χ2v) is 7.90. The summed E-state index contributed by atoms with van der Waals surface area (Å²) < 4.78 is 1.89. The lowest BCUT2D eigenvalue weighted by atomic mass is 9.64. The molecule has 1 amide bonds. The Hall–Kier alpha value is -2.69. The molecule has 0 unspecified atom stereocenters. The molecule has 2 aromatic heterocycles. The summed E-state index contributed by atoms with van der Waals surface area (Å²) in [5.74, 6) is -0.0543. The standard InChI is InChI=1S/C22H26N4O/c1-15(2)26-20-17(13-24-26)12-19(16(3)25-20)21(27)23-14-22(10-7-11-22)18-8-5-4-6-9-18/h4-6,8-9,12-13,15H,7,10-11,14H2,1-3H3,(H,23,27). The summed E-state index contributed by atoms with van der Waals surface area (Å²) in [5, 5.41) is 8.48. The van der Waals surface area contributed by atoms with Crippen molar-refractivity contribution < 1.29 is 4.79 Å². The van der Waals surface area contributed by atoms with E-state index in [4.69, 9.17) is 0 Å². The Labute approximate surface area is 159 Å². The van der Waals surface area contributed by atoms with Gasteiger partial charge >= 0.3 is 0 Å². The maximum atomic E-state index is 12.9. The van der Waals surface area contributed by atoms with Crippen LogP contribution < -0.4 is 5.32 Å². The van der Waals surface area contributed by atoms with Crippen molar-refractivity contribution in [3.05, 3.63) is 59.4 Å². The summed E-state index contributed by atoms with van der Waals surface area (Å²) >= 11 is 0. The minimum Gasteiger partial charge on any atom is -0.351 e. The molecular weight excluding hydrogens is 336 g/mol. The molecule has 0 radical (unpaired) electrons. The van der Waals surface area contributed by atoms with E-state index >= 15 is 0 Å². The smallest absolute Gasteiger partial charge is 0.253 e. The largest absolute Gasteiger partial charge is 0.351 e. The van der Waals surface area contributed by atoms with Gasteiger partial charge in [-0.2, -0.15) is 5.10 Å². The summed E-state index contributed by atoms with van der Waals surface area (Å²) in [7, 11) is 0. The van der Waals surface area contributed by atoms with Crippen molar-refractivity contribution in [2.24, 2.45) is 0 Å². The van der Waals surface area contributed by atoms with Crippen LogP contribution in [0.4, 0.5) is 0 Å². The van der Waals surface area contributed by atoms with E-state index in [1.807, 2.05) is 23.7 Å². The van der Waals surface area contributed by atoms with Crippen LogP contribution in [0.3, 0.4) is 0 Å². The van der Waals surface area contributed by atoms with Crippen molar-refractivity contribution in [1.29, 1.82) is 0 Å². The molecule has 1 fully saturated rings. The number of hydrogen-bond donors (Lipinski definition) is 1. The highest BCUT2D eigenvalue weighted by atomic mass is 16.1. The first-order valence-corrected chi connectivity index (χ1v) is 9.69. The summed E-state index contributed by atoms with van der Waals surface area (Å²) in [6.07, 6.45) is 5.24. The van der Waals surface area contributed by atoms with Crippen LogP contribution in [0.2, 0.25) is 0 Å². The molecule has 0 bridgehead atoms. The Morgan fingerprint density at radius 3 is 2.63 bits per heavy atom. The molecule has 0 aliphatic heterocycles. The third-order valence-electron chi connectivity index (χ3n) is 5.78. The number of aromatic nitrogens is 3. The van der Waals surface area contributed by atoms with Crippen LogP contribution in [-0.4, -0.2) is 27.2 Å². The molecule has 1 saturated carbocycles. The molecule has 0 saturated heterocycles. The van der Waals surface area contributed by atoms with E-state index < -0.39 is 0 Å². The monoisotopic (exact) mass is 362 g/mol. The van der Waals surface area contributed by atoms with Gasteiger partial charge in [-0.1, -0.05) is 36.8 Å². The van der Waals surface area contributed by atoms with Gasteiger partial charge < -0.3 is 5.32 Å². The van der Waals surface area contributed by atoms with E-state index in [0.717, 1.165) is 29.6 Å². The van der Waals surface area contributed by atoms with Crippen LogP contribution in [0.1, 0.15) is 60.8 Å². The van der Waals surface area contributed by atoms with Gasteiger partial charge in [0.15, 0.2) is 5.65 Å². The number of amides is 1. The molecule has 4 rings (SSSR count). The first-order chi connectivity index (χ1) is 13.0. The fraction of sp³-hybridized carbons (Fsp3) is 0.409. The fourth-order valence-corrected chi connectivity index (χ4v) is 3.98. The van der Waals surface area contributed by atoms with Crippen LogP contribution in [0.5, 0.6) is 0 Å². The average molecular weight is 362 g/mol. The third-order valence-corrected chi connectivity index (χ3v) is 5.78. The van der Waals surface area contributed by atoms with E-state index in [-0.39, 0.29) is 17.4 Å². The average Bonchev–Trinajstić information content (AvgIpc) is 3.03. The van der Waals surface area contributed by atoms with Crippen LogP contribution in [0, 0.1) is 6.92 Å². The second-order valence-electron chi connectivity index (χ2n) is 7.90. The summed E-state index contributed by atoms with van der Waals surface area (Å²) in [4.78, 5) is 17.5. The minimum atomic E-state index is -0.0543. The van der Waals surface area contributed by atoms with Crippen molar-refractivity contribution in [2.75, 3.05) is 6.54 Å². The molecule has 1 aliphatic rings. The van der Waals surface area contributed by atoms with Gasteiger partial charge in [0.2, 0.25) is 0 Å². The van der Waals surface area contributed by atoms with Gasteiger partial charge in [0.1, 0.15) is 0 Å². The molecule has 5 heteroatoms. The Kier molecular flexibility index (Phi) is 4.46. The zero-order valence-electron chi connectivity index (χ0n) is 16.2. The lowest BCUT2D eigenvalue weighted by Gasteiger charge is -2.42. The number of fused-ring (bicyclic) bond motifs is 1. The zero-order chi connectivity index (χ0) is 19.0. The molecule has 5 nitrogen and oxygen atoms in total. The lowest BCUT2D eigenvalue weighted by molar-refractivity contribution is 0.0927. The summed E-state index contributed by atoms with van der Waals surface area (Å²) in [5.41, 5.74) is 3.60. The maximum absolute atomic E-state index is 12.9. The van der Waals surface area contributed by atoms with Crippen LogP contribution >= 0.6 is 0 Å². The van der Waals surface area contributed by atoms with Crippen molar-refractivity contribution in [3.63, 3.8) is 0 Å². The van der Waals surface area contributed by atoms with E-state index in [9.17, 15) is 4.79 Å². The number of pyridine rings is 1. The lowest BCUT2D eigenvalue weighted by Crippen LogP contribution is -2.45. The van der Waals surface area contributed by atoms with E-state index in [1.165, 1.54) is 12.0 Å². The Morgan fingerprint density at radius 1 is 1.26 bits per heavy atom. The van der Waals surface area contributed by atoms with E-state index in [0.29, 0.717) is 12.1 Å². The molecule has 140 valence electrons. The molecule has 0 spiro atoms. The molecule has 27 heavy (non-hydrogen) atoms. The molecule has 3 aromatic rings. The highest BCUT2D eigenvalue weighted by Gasteiger charge is 2.38. The number of carbonyl (C=O) groups is 1. The normalized spacial score (nSPS) is 15.7. The van der Waals surface area contributed by atoms with Crippen molar-refractivity contribution in [3.8, 4) is 0 Å². The summed E-state index contributed by atoms with van der Waals surface area (Å²) in [6.45, 7) is 6.71. The van der Waals surface area contributed by atoms with Gasteiger partial charge in [0, 0.05) is 23.4 Å². The number of nitrogens with one attached hydrogen (secondary N) is 1. The second kappa shape index (κ2) is 6.80. The molecule has 1 N–H and O–H groups in total. The number of nitrogens with zero attached hydrogens (tertiary/aromatic N) is 3. The number of rotatable bonds is 5. The van der Waals surface area contributed by atoms with Gasteiger partial charge in [-0.3, -0.25) is 4.79 Å². The van der Waals surface area contributed by atoms with Crippen LogP contribution in [0.25, 0.3) is 11.0 Å². The van der Waals surface area contributed by atoms with Crippen LogP contribution in [0.15, 0.2) is 42.6 Å². The predicted molar refractivity (Wildman–Crippen MR) is 107 cm³/mol. The van der Waals surface area contributed by atoms with Crippen molar-refractivity contribution >= 4 is 16.9 Å². The summed E-state index contributed by atoms with van der Waals surface area (Å²) in [6, 6.07) is 12.7. The number of hydrogen-bond acceptors (Lipinski definition) is 3. The van der Waals surface area contributed by atoms with E-state index in [1.54, 1.807) is 6.20 Å². The third kappa shape index (κ3) is 3.11. The molecule has 1 aliphatic carbocycles.